The van der Waals surface area contributed by atoms with Gasteiger partial charge in [0, 0.05) is 6.04 Å². The predicted octanol–water partition coefficient (Wildman–Crippen LogP) is 5.57. The van der Waals surface area contributed by atoms with Gasteiger partial charge in [-0.05, 0) is 58.1 Å². The first-order chi connectivity index (χ1) is 11.8. The molecule has 1 heterocycles. The number of nitrogens with zero attached hydrogens (tertiary/aromatic N) is 1. The van der Waals surface area contributed by atoms with Gasteiger partial charge >= 0.3 is 0 Å². The van der Waals surface area contributed by atoms with E-state index in [-0.39, 0.29) is 10.8 Å². The molecule has 0 saturated heterocycles. The lowest BCUT2D eigenvalue weighted by molar-refractivity contribution is 0.555. The van der Waals surface area contributed by atoms with E-state index >= 15 is 0 Å². The lowest BCUT2D eigenvalue weighted by atomic mass is 10.00. The molecule has 1 aromatic heterocycles. The van der Waals surface area contributed by atoms with Gasteiger partial charge in [-0.2, -0.15) is 0 Å². The van der Waals surface area contributed by atoms with E-state index in [1.54, 1.807) is 11.3 Å². The third-order valence-corrected chi connectivity index (χ3v) is 6.62. The van der Waals surface area contributed by atoms with Gasteiger partial charge in [-0.15, -0.1) is 17.9 Å². The summed E-state index contributed by atoms with van der Waals surface area (Å²) < 4.78 is 15.6. The summed E-state index contributed by atoms with van der Waals surface area (Å²) in [5, 5.41) is 0. The van der Waals surface area contributed by atoms with E-state index in [0.717, 1.165) is 25.0 Å². The number of unbranched alkanes of at least 4 members (excludes halogenated alkanes) is 1. The summed E-state index contributed by atoms with van der Waals surface area (Å²) in [5.41, 5.74) is 5.30. The maximum Gasteiger partial charge on any atom is 0.0975 e. The number of nitrogens with one attached hydrogen (secondary N) is 1. The molecule has 3 nitrogen and oxygen atoms in total. The Balaban J connectivity index is 2.19. The average molecular weight is 377 g/mol. The van der Waals surface area contributed by atoms with Crippen molar-refractivity contribution in [2.75, 3.05) is 0 Å². The lowest BCUT2D eigenvalue weighted by Crippen LogP contribution is -2.35. The SMILES string of the molecule is C=CCCC[C@H](N[S@](=O)C(C)(C)C)c1ccc(-c2scnc2C)cc1. The molecule has 2 atom stereocenters. The van der Waals surface area contributed by atoms with Gasteiger partial charge in [0.2, 0.25) is 0 Å². The van der Waals surface area contributed by atoms with Crippen LogP contribution in [0.15, 0.2) is 42.4 Å². The Bertz CT molecular complexity index is 714. The van der Waals surface area contributed by atoms with E-state index in [1.807, 2.05) is 39.3 Å². The van der Waals surface area contributed by atoms with Crippen LogP contribution in [0.4, 0.5) is 0 Å². The summed E-state index contributed by atoms with van der Waals surface area (Å²) in [6.45, 7) is 11.8. The first kappa shape index (κ1) is 20.0. The molecule has 1 aromatic carbocycles. The van der Waals surface area contributed by atoms with Crippen LogP contribution in [-0.2, 0) is 11.0 Å². The monoisotopic (exact) mass is 376 g/mol. The molecule has 2 rings (SSSR count). The molecule has 0 aliphatic heterocycles. The zero-order valence-corrected chi connectivity index (χ0v) is 17.2. The largest absolute Gasteiger partial charge is 0.249 e. The molecule has 0 radical (unpaired) electrons. The number of benzene rings is 1. The zero-order valence-electron chi connectivity index (χ0n) is 15.5. The lowest BCUT2D eigenvalue weighted by Gasteiger charge is -2.24. The van der Waals surface area contributed by atoms with Gasteiger partial charge < -0.3 is 0 Å². The molecule has 5 heteroatoms. The van der Waals surface area contributed by atoms with E-state index in [0.29, 0.717) is 0 Å². The van der Waals surface area contributed by atoms with Crippen molar-refractivity contribution < 1.29 is 4.21 Å². The van der Waals surface area contributed by atoms with Crippen LogP contribution in [0.1, 0.15) is 57.3 Å². The van der Waals surface area contributed by atoms with Crippen molar-refractivity contribution in [2.24, 2.45) is 0 Å². The average Bonchev–Trinajstić information content (AvgIpc) is 2.99. The van der Waals surface area contributed by atoms with Crippen molar-refractivity contribution in [2.45, 2.75) is 57.7 Å². The number of thiazole rings is 1. The van der Waals surface area contributed by atoms with Crippen molar-refractivity contribution in [3.63, 3.8) is 0 Å². The van der Waals surface area contributed by atoms with E-state index in [9.17, 15) is 4.21 Å². The minimum absolute atomic E-state index is 0.0802. The Morgan fingerprint density at radius 2 is 2.00 bits per heavy atom. The Kier molecular flexibility index (Phi) is 7.11. The second-order valence-corrected chi connectivity index (χ2v) is 10.0. The summed E-state index contributed by atoms with van der Waals surface area (Å²) in [6, 6.07) is 8.63. The number of rotatable bonds is 8. The van der Waals surface area contributed by atoms with Crippen molar-refractivity contribution in [3.05, 3.63) is 53.7 Å². The van der Waals surface area contributed by atoms with Crippen LogP contribution in [0.3, 0.4) is 0 Å². The highest BCUT2D eigenvalue weighted by atomic mass is 32.2. The third kappa shape index (κ3) is 5.59. The molecule has 1 N–H and O–H groups in total. The zero-order chi connectivity index (χ0) is 18.4. The van der Waals surface area contributed by atoms with Crippen LogP contribution in [0.5, 0.6) is 0 Å². The van der Waals surface area contributed by atoms with Crippen LogP contribution >= 0.6 is 11.3 Å². The molecule has 0 amide bonds. The maximum absolute atomic E-state index is 12.6. The van der Waals surface area contributed by atoms with E-state index < -0.39 is 11.0 Å². The molecular formula is C20H28N2OS2. The molecule has 2 aromatic rings. The van der Waals surface area contributed by atoms with E-state index in [2.05, 4.69) is 40.6 Å². The summed E-state index contributed by atoms with van der Waals surface area (Å²) in [6.07, 6.45) is 4.87. The molecule has 0 spiro atoms. The first-order valence-corrected chi connectivity index (χ1v) is 10.6. The molecule has 25 heavy (non-hydrogen) atoms. The van der Waals surface area contributed by atoms with Crippen LogP contribution in [-0.4, -0.2) is 13.9 Å². The predicted molar refractivity (Wildman–Crippen MR) is 110 cm³/mol. The second kappa shape index (κ2) is 8.88. The van der Waals surface area contributed by atoms with Crippen LogP contribution in [0.25, 0.3) is 10.4 Å². The van der Waals surface area contributed by atoms with Crippen molar-refractivity contribution in [1.82, 2.24) is 9.71 Å². The molecule has 0 aliphatic rings. The second-order valence-electron chi connectivity index (χ2n) is 7.16. The van der Waals surface area contributed by atoms with Gasteiger partial charge in [-0.1, -0.05) is 30.3 Å². The molecular weight excluding hydrogens is 348 g/mol. The number of hydrogen-bond acceptors (Lipinski definition) is 3. The molecule has 0 unspecified atom stereocenters. The minimum Gasteiger partial charge on any atom is -0.249 e. The smallest absolute Gasteiger partial charge is 0.0975 e. The summed E-state index contributed by atoms with van der Waals surface area (Å²) in [5.74, 6) is 0. The normalized spacial score (nSPS) is 14.2. The highest BCUT2D eigenvalue weighted by Crippen LogP contribution is 2.29. The fraction of sp³-hybridized carbons (Fsp3) is 0.450. The standard InChI is InChI=1S/C20H28N2OS2/c1-6-7-8-9-18(22-25(23)20(3,4)5)16-10-12-17(13-11-16)19-15(2)21-14-24-19/h6,10-14,18,22H,1,7-9H2,2-5H3/t18-,25+/m0/s1. The summed E-state index contributed by atoms with van der Waals surface area (Å²) in [4.78, 5) is 5.53. The fourth-order valence-electron chi connectivity index (χ4n) is 2.51. The van der Waals surface area contributed by atoms with Gasteiger partial charge in [-0.3, -0.25) is 0 Å². The van der Waals surface area contributed by atoms with Crippen LogP contribution in [0.2, 0.25) is 0 Å². The Morgan fingerprint density at radius 1 is 1.32 bits per heavy atom. The number of hydrogen-bond donors (Lipinski definition) is 1. The van der Waals surface area contributed by atoms with Gasteiger partial charge in [0.25, 0.3) is 0 Å². The number of aryl methyl sites for hydroxylation is 1. The van der Waals surface area contributed by atoms with Crippen molar-refractivity contribution >= 4 is 22.3 Å². The molecule has 0 aliphatic carbocycles. The van der Waals surface area contributed by atoms with Gasteiger partial charge in [0.1, 0.15) is 0 Å². The molecule has 0 fully saturated rings. The van der Waals surface area contributed by atoms with Crippen molar-refractivity contribution in [3.8, 4) is 10.4 Å². The van der Waals surface area contributed by atoms with Gasteiger partial charge in [0.05, 0.1) is 31.8 Å². The highest BCUT2D eigenvalue weighted by Gasteiger charge is 2.23. The minimum atomic E-state index is -1.10. The van der Waals surface area contributed by atoms with Gasteiger partial charge in [-0.25, -0.2) is 13.9 Å². The number of allylic oxidation sites excluding steroid dienone is 1. The third-order valence-electron chi connectivity index (χ3n) is 4.03. The molecule has 0 bridgehead atoms. The Hall–Kier alpha value is -1.30. The Labute approximate surface area is 158 Å². The first-order valence-electron chi connectivity index (χ1n) is 8.62. The molecule has 136 valence electrons. The Morgan fingerprint density at radius 3 is 2.52 bits per heavy atom. The van der Waals surface area contributed by atoms with Gasteiger partial charge in [0.15, 0.2) is 0 Å². The summed E-state index contributed by atoms with van der Waals surface area (Å²) >= 11 is 1.66. The topological polar surface area (TPSA) is 42.0 Å². The van der Waals surface area contributed by atoms with Crippen molar-refractivity contribution in [1.29, 1.82) is 0 Å². The van der Waals surface area contributed by atoms with Crippen LogP contribution in [0, 0.1) is 6.92 Å². The quantitative estimate of drug-likeness (QED) is 0.483. The summed E-state index contributed by atoms with van der Waals surface area (Å²) in [7, 11) is -1.10. The number of aromatic nitrogens is 1. The fourth-order valence-corrected chi connectivity index (χ4v) is 4.19. The van der Waals surface area contributed by atoms with Crippen LogP contribution < -0.4 is 4.72 Å². The highest BCUT2D eigenvalue weighted by molar-refractivity contribution is 7.84. The van der Waals surface area contributed by atoms with E-state index in [1.165, 1.54) is 16.0 Å². The maximum atomic E-state index is 12.6. The molecule has 0 saturated carbocycles. The van der Waals surface area contributed by atoms with E-state index in [4.69, 9.17) is 0 Å².